The Morgan fingerprint density at radius 3 is 1.62 bits per heavy atom. The van der Waals surface area contributed by atoms with Crippen LogP contribution in [0.2, 0.25) is 0 Å². The second-order valence-corrected chi connectivity index (χ2v) is 15.6. The fourth-order valence-electron chi connectivity index (χ4n) is 8.04. The Hall–Kier alpha value is -8.39. The van der Waals surface area contributed by atoms with Crippen molar-refractivity contribution in [2.75, 3.05) is 0 Å². The number of para-hydroxylation sites is 3. The largest absolute Gasteiger partial charge is 0.508 e. The summed E-state index contributed by atoms with van der Waals surface area (Å²) in [7, 11) is 0. The number of H-pyrrole nitrogens is 3. The molecule has 7 N–H and O–H groups in total. The Bertz CT molecular complexity index is 3240. The predicted molar refractivity (Wildman–Crippen MR) is 242 cm³/mol. The van der Waals surface area contributed by atoms with Gasteiger partial charge in [-0.1, -0.05) is 84.9 Å². The van der Waals surface area contributed by atoms with E-state index in [1.807, 2.05) is 103 Å². The van der Waals surface area contributed by atoms with Crippen molar-refractivity contribution < 1.29 is 33.4 Å². The number of aromatic hydroxyl groups is 1. The van der Waals surface area contributed by atoms with E-state index in [0.717, 1.165) is 43.8 Å². The van der Waals surface area contributed by atoms with Crippen LogP contribution in [0.3, 0.4) is 0 Å². The van der Waals surface area contributed by atoms with E-state index in [2.05, 4.69) is 30.9 Å². The molecule has 320 valence electrons. The highest BCUT2D eigenvalue weighted by Crippen LogP contribution is 2.24. The SMILES string of the molecule is O=C(N[C@@H](Cc1c[nH]c2ccccc12)C(=O)N[C@@H](Cc1c[nH]c2ccccc12)C(=O)N[C@@H](Cc1c[nH]c2ccccc12)C(=O)OCc1ccccc1)c1cc2ccc(O)cc2oc1=O. The van der Waals surface area contributed by atoms with Gasteiger partial charge in [0.1, 0.15) is 41.6 Å². The van der Waals surface area contributed by atoms with Crippen LogP contribution >= 0.6 is 0 Å². The molecular formula is C50H42N6O8. The lowest BCUT2D eigenvalue weighted by molar-refractivity contribution is -0.149. The van der Waals surface area contributed by atoms with Crippen LogP contribution in [0.1, 0.15) is 32.6 Å². The van der Waals surface area contributed by atoms with Gasteiger partial charge in [0.2, 0.25) is 11.8 Å². The number of benzene rings is 5. The highest BCUT2D eigenvalue weighted by atomic mass is 16.5. The third-order valence-corrected chi connectivity index (χ3v) is 11.3. The van der Waals surface area contributed by atoms with Crippen molar-refractivity contribution >= 4 is 67.4 Å². The Kier molecular flexibility index (Phi) is 11.5. The van der Waals surface area contributed by atoms with E-state index in [0.29, 0.717) is 16.5 Å². The molecule has 0 aliphatic rings. The van der Waals surface area contributed by atoms with Gasteiger partial charge < -0.3 is 45.2 Å². The van der Waals surface area contributed by atoms with E-state index in [9.17, 15) is 29.1 Å². The zero-order valence-electron chi connectivity index (χ0n) is 34.2. The number of aromatic amines is 3. The Labute approximate surface area is 364 Å². The lowest BCUT2D eigenvalue weighted by Crippen LogP contribution is -2.57. The molecule has 3 amide bonds. The molecule has 4 aromatic heterocycles. The van der Waals surface area contributed by atoms with Crippen LogP contribution in [-0.2, 0) is 45.0 Å². The maximum Gasteiger partial charge on any atom is 0.349 e. The number of phenolic OH excluding ortho intramolecular Hbond substituents is 1. The second-order valence-electron chi connectivity index (χ2n) is 15.6. The maximum atomic E-state index is 14.8. The van der Waals surface area contributed by atoms with Crippen molar-refractivity contribution in [3.05, 3.63) is 184 Å². The number of carbonyl (C=O) groups excluding carboxylic acids is 4. The smallest absolute Gasteiger partial charge is 0.349 e. The van der Waals surface area contributed by atoms with Crippen LogP contribution in [0, 0.1) is 0 Å². The number of aromatic nitrogens is 3. The van der Waals surface area contributed by atoms with Crippen molar-refractivity contribution in [1.29, 1.82) is 0 Å². The summed E-state index contributed by atoms with van der Waals surface area (Å²) in [6.07, 6.45) is 5.32. The Balaban J connectivity index is 1.04. The first-order chi connectivity index (χ1) is 31.2. The highest BCUT2D eigenvalue weighted by molar-refractivity contribution is 6.01. The molecule has 0 saturated heterocycles. The van der Waals surface area contributed by atoms with Crippen molar-refractivity contribution in [3.8, 4) is 5.75 Å². The molecule has 3 atom stereocenters. The van der Waals surface area contributed by atoms with Crippen LogP contribution < -0.4 is 21.6 Å². The van der Waals surface area contributed by atoms with Gasteiger partial charge in [-0.25, -0.2) is 9.59 Å². The number of nitrogens with one attached hydrogen (secondary N) is 6. The number of amides is 3. The summed E-state index contributed by atoms with van der Waals surface area (Å²) in [6, 6.07) is 33.5. The Morgan fingerprint density at radius 1 is 0.578 bits per heavy atom. The molecule has 14 nitrogen and oxygen atoms in total. The van der Waals surface area contributed by atoms with E-state index in [1.165, 1.54) is 24.3 Å². The van der Waals surface area contributed by atoms with Gasteiger partial charge in [0.15, 0.2) is 0 Å². The van der Waals surface area contributed by atoms with E-state index in [1.54, 1.807) is 18.6 Å². The van der Waals surface area contributed by atoms with E-state index >= 15 is 0 Å². The van der Waals surface area contributed by atoms with Crippen LogP contribution in [0.15, 0.2) is 155 Å². The van der Waals surface area contributed by atoms with Crippen LogP contribution in [0.4, 0.5) is 0 Å². The van der Waals surface area contributed by atoms with Crippen LogP contribution in [0.5, 0.6) is 5.75 Å². The molecule has 0 saturated carbocycles. The predicted octanol–water partition coefficient (Wildman–Crippen LogP) is 6.48. The standard InChI is InChI=1S/C50H42N6O8/c57-34-19-18-30-20-38(49(61)64-45(30)24-34)46(58)54-42(21-31-25-51-39-15-7-4-12-35(31)39)47(59)55-43(22-32-26-52-40-16-8-5-13-36(32)40)48(60)56-44(50(62)63-28-29-10-2-1-3-11-29)23-33-27-53-41-17-9-6-14-37(33)41/h1-20,24-27,42-44,51-53,57H,21-23,28H2,(H,54,58)(H,55,59)(H,56,60)/t42-,43-,44-/m0/s1. The van der Waals surface area contributed by atoms with Gasteiger partial charge in [0, 0.05) is 82.0 Å². The molecule has 9 aromatic rings. The van der Waals surface area contributed by atoms with Crippen LogP contribution in [-0.4, -0.2) is 61.9 Å². The first-order valence-electron chi connectivity index (χ1n) is 20.7. The Morgan fingerprint density at radius 2 is 1.06 bits per heavy atom. The van der Waals surface area contributed by atoms with E-state index in [4.69, 9.17) is 9.15 Å². The van der Waals surface area contributed by atoms with Gasteiger partial charge in [-0.3, -0.25) is 14.4 Å². The zero-order valence-corrected chi connectivity index (χ0v) is 34.2. The molecule has 0 spiro atoms. The third kappa shape index (κ3) is 8.83. The van der Waals surface area contributed by atoms with Crippen molar-refractivity contribution in [3.63, 3.8) is 0 Å². The molecule has 0 aliphatic heterocycles. The van der Waals surface area contributed by atoms with Gasteiger partial charge in [-0.2, -0.15) is 0 Å². The quantitative estimate of drug-likeness (QED) is 0.0447. The molecule has 0 fully saturated rings. The minimum Gasteiger partial charge on any atom is -0.508 e. The van der Waals surface area contributed by atoms with Crippen molar-refractivity contribution in [2.45, 2.75) is 44.0 Å². The third-order valence-electron chi connectivity index (χ3n) is 11.3. The molecule has 0 bridgehead atoms. The van der Waals surface area contributed by atoms with Crippen LogP contribution in [0.25, 0.3) is 43.7 Å². The summed E-state index contributed by atoms with van der Waals surface area (Å²) in [5.74, 6) is -3.08. The first-order valence-corrected chi connectivity index (χ1v) is 20.7. The normalized spacial score (nSPS) is 12.8. The van der Waals surface area contributed by atoms with Gasteiger partial charge in [-0.15, -0.1) is 0 Å². The summed E-state index contributed by atoms with van der Waals surface area (Å²) in [4.78, 5) is 80.3. The van der Waals surface area contributed by atoms with E-state index in [-0.39, 0.29) is 42.8 Å². The maximum absolute atomic E-state index is 14.8. The molecule has 0 radical (unpaired) electrons. The number of ether oxygens (including phenoxy) is 1. The molecule has 0 unspecified atom stereocenters. The lowest BCUT2D eigenvalue weighted by atomic mass is 10.0. The van der Waals surface area contributed by atoms with Crippen molar-refractivity contribution in [1.82, 2.24) is 30.9 Å². The molecule has 14 heteroatoms. The summed E-state index contributed by atoms with van der Waals surface area (Å²) >= 11 is 0. The summed E-state index contributed by atoms with van der Waals surface area (Å²) in [6.45, 7) is -0.0251. The minimum absolute atomic E-state index is 0.00465. The summed E-state index contributed by atoms with van der Waals surface area (Å²) in [5, 5.41) is 21.3. The number of hydrogen-bond acceptors (Lipinski definition) is 8. The molecule has 64 heavy (non-hydrogen) atoms. The lowest BCUT2D eigenvalue weighted by Gasteiger charge is -2.25. The monoisotopic (exact) mass is 854 g/mol. The van der Waals surface area contributed by atoms with Gasteiger partial charge in [-0.05, 0) is 58.7 Å². The number of hydrogen-bond donors (Lipinski definition) is 7. The molecule has 0 aliphatic carbocycles. The molecule has 5 aromatic carbocycles. The molecule has 9 rings (SSSR count). The average molecular weight is 855 g/mol. The first kappa shape index (κ1) is 41.0. The number of fused-ring (bicyclic) bond motifs is 4. The van der Waals surface area contributed by atoms with E-state index < -0.39 is 47.4 Å². The zero-order chi connectivity index (χ0) is 44.2. The average Bonchev–Trinajstić information content (AvgIpc) is 4.04. The fourth-order valence-corrected chi connectivity index (χ4v) is 8.04. The molecular weight excluding hydrogens is 813 g/mol. The van der Waals surface area contributed by atoms with Gasteiger partial charge >= 0.3 is 11.6 Å². The highest BCUT2D eigenvalue weighted by Gasteiger charge is 2.33. The second kappa shape index (κ2) is 17.9. The topological polar surface area (TPSA) is 211 Å². The number of rotatable bonds is 15. The molecule has 4 heterocycles. The van der Waals surface area contributed by atoms with Crippen molar-refractivity contribution in [2.24, 2.45) is 0 Å². The number of carbonyl (C=O) groups is 4. The fraction of sp³-hybridized carbons (Fsp3) is 0.140. The number of phenols is 1. The summed E-state index contributed by atoms with van der Waals surface area (Å²) in [5.41, 5.74) is 4.16. The number of esters is 1. The van der Waals surface area contributed by atoms with Gasteiger partial charge in [0.25, 0.3) is 5.91 Å². The van der Waals surface area contributed by atoms with Gasteiger partial charge in [0.05, 0.1) is 0 Å². The summed E-state index contributed by atoms with van der Waals surface area (Å²) < 4.78 is 11.2. The minimum atomic E-state index is -1.32.